The topological polar surface area (TPSA) is 54.4 Å². The van der Waals surface area contributed by atoms with Crippen molar-refractivity contribution in [1.29, 1.82) is 0 Å². The fourth-order valence-electron chi connectivity index (χ4n) is 6.00. The lowest BCUT2D eigenvalue weighted by Gasteiger charge is -2.49. The Hall–Kier alpha value is -1.22. The molecule has 0 amide bonds. The van der Waals surface area contributed by atoms with Crippen LogP contribution in [0.25, 0.3) is 0 Å². The minimum Gasteiger partial charge on any atom is -0.381 e. The summed E-state index contributed by atoms with van der Waals surface area (Å²) >= 11 is 0. The van der Waals surface area contributed by atoms with Crippen LogP contribution in [0.4, 0.5) is 0 Å². The first-order valence-corrected chi connectivity index (χ1v) is 9.03. The second-order valence-corrected chi connectivity index (χ2v) is 8.29. The number of hydrogen-bond acceptors (Lipinski definition) is 3. The number of rotatable bonds is 1. The summed E-state index contributed by atoms with van der Waals surface area (Å²) in [7, 11) is 0. The highest BCUT2D eigenvalue weighted by atomic mass is 16.3. The molecule has 4 aliphatic rings. The van der Waals surface area contributed by atoms with Crippen molar-refractivity contribution in [3.05, 3.63) is 22.8 Å². The van der Waals surface area contributed by atoms with Gasteiger partial charge in [-0.1, -0.05) is 18.6 Å². The molecule has 1 fully saturated rings. The number of carbonyl (C=O) groups is 2. The maximum absolute atomic E-state index is 12.1. The number of allylic oxidation sites excluding steroid dienone is 4. The van der Waals surface area contributed by atoms with Crippen molar-refractivity contribution in [2.45, 2.75) is 70.8 Å². The summed E-state index contributed by atoms with van der Waals surface area (Å²) in [5.74, 6) is 1.17. The van der Waals surface area contributed by atoms with Crippen LogP contribution in [0, 0.1) is 17.3 Å². The van der Waals surface area contributed by atoms with Crippen molar-refractivity contribution in [2.24, 2.45) is 17.3 Å². The molecule has 4 rings (SSSR count). The Morgan fingerprint density at radius 1 is 1.26 bits per heavy atom. The van der Waals surface area contributed by atoms with Gasteiger partial charge < -0.3 is 5.11 Å². The lowest BCUT2D eigenvalue weighted by Crippen LogP contribution is -2.52. The molecule has 1 N–H and O–H groups in total. The first-order chi connectivity index (χ1) is 10.9. The van der Waals surface area contributed by atoms with Crippen LogP contribution in [0.3, 0.4) is 0 Å². The zero-order chi connectivity index (χ0) is 16.4. The molecule has 1 saturated carbocycles. The van der Waals surface area contributed by atoms with E-state index in [1.807, 2.05) is 0 Å². The first-order valence-electron chi connectivity index (χ1n) is 9.03. The van der Waals surface area contributed by atoms with Crippen molar-refractivity contribution in [2.75, 3.05) is 0 Å². The van der Waals surface area contributed by atoms with Gasteiger partial charge in [0, 0.05) is 18.3 Å². The molecule has 4 aliphatic carbocycles. The smallest absolute Gasteiger partial charge is 0.161 e. The fraction of sp³-hybridized carbons (Fsp3) is 0.700. The van der Waals surface area contributed by atoms with Gasteiger partial charge in [0.1, 0.15) is 11.4 Å². The molecule has 3 nitrogen and oxygen atoms in total. The predicted molar refractivity (Wildman–Crippen MR) is 87.8 cm³/mol. The fourth-order valence-corrected chi connectivity index (χ4v) is 6.00. The van der Waals surface area contributed by atoms with Crippen LogP contribution in [-0.4, -0.2) is 22.3 Å². The number of fused-ring (bicyclic) bond motifs is 4. The van der Waals surface area contributed by atoms with Crippen molar-refractivity contribution in [1.82, 2.24) is 0 Å². The molecule has 4 atom stereocenters. The summed E-state index contributed by atoms with van der Waals surface area (Å²) < 4.78 is 0. The monoisotopic (exact) mass is 314 g/mol. The van der Waals surface area contributed by atoms with Crippen LogP contribution in [0.1, 0.15) is 65.2 Å². The average molecular weight is 314 g/mol. The van der Waals surface area contributed by atoms with Crippen molar-refractivity contribution in [3.8, 4) is 0 Å². The highest BCUT2D eigenvalue weighted by Crippen LogP contribution is 2.62. The van der Waals surface area contributed by atoms with Crippen LogP contribution >= 0.6 is 0 Å². The molecule has 0 saturated heterocycles. The SMILES string of the molecule is CC(=O)C1(O)CCC2C3CCC4=C(CCC(=O)C4)C3=CCC21C. The minimum absolute atomic E-state index is 0.0710. The van der Waals surface area contributed by atoms with E-state index in [1.165, 1.54) is 16.7 Å². The third-order valence-corrected chi connectivity index (χ3v) is 7.39. The Kier molecular flexibility index (Phi) is 3.26. The average Bonchev–Trinajstić information content (AvgIpc) is 2.80. The molecule has 0 heterocycles. The molecule has 124 valence electrons. The molecule has 23 heavy (non-hydrogen) atoms. The molecule has 0 aliphatic heterocycles. The molecular weight excluding hydrogens is 288 g/mol. The van der Waals surface area contributed by atoms with Gasteiger partial charge in [0.25, 0.3) is 0 Å². The van der Waals surface area contributed by atoms with Gasteiger partial charge >= 0.3 is 0 Å². The lowest BCUT2D eigenvalue weighted by atomic mass is 9.56. The van der Waals surface area contributed by atoms with Gasteiger partial charge in [-0.3, -0.25) is 9.59 Å². The molecule has 0 aromatic rings. The van der Waals surface area contributed by atoms with E-state index in [4.69, 9.17) is 0 Å². The normalized spacial score (nSPS) is 42.7. The van der Waals surface area contributed by atoms with Crippen molar-refractivity contribution in [3.63, 3.8) is 0 Å². The summed E-state index contributed by atoms with van der Waals surface area (Å²) in [4.78, 5) is 23.9. The lowest BCUT2D eigenvalue weighted by molar-refractivity contribution is -0.150. The molecule has 0 aromatic carbocycles. The van der Waals surface area contributed by atoms with E-state index in [-0.39, 0.29) is 11.2 Å². The van der Waals surface area contributed by atoms with Crippen molar-refractivity contribution >= 4 is 11.6 Å². The Bertz CT molecular complexity index is 656. The highest BCUT2D eigenvalue weighted by Gasteiger charge is 2.62. The highest BCUT2D eigenvalue weighted by molar-refractivity contribution is 5.86. The summed E-state index contributed by atoms with van der Waals surface area (Å²) in [5.41, 5.74) is 2.79. The number of hydrogen-bond donors (Lipinski definition) is 1. The minimum atomic E-state index is -1.16. The van der Waals surface area contributed by atoms with Gasteiger partial charge in [0.05, 0.1) is 0 Å². The maximum Gasteiger partial charge on any atom is 0.161 e. The van der Waals surface area contributed by atoms with Crippen LogP contribution in [0.5, 0.6) is 0 Å². The standard InChI is InChI=1S/C20H26O3/c1-12(21)20(23)10-8-18-17-5-3-13-11-14(22)4-6-15(13)16(17)7-9-19(18,20)2/h7,17-18,23H,3-6,8-11H2,1-2H3. The molecule has 4 unspecified atom stereocenters. The number of Topliss-reactive ketones (excluding diaryl/α,β-unsaturated/α-hetero) is 2. The van der Waals surface area contributed by atoms with E-state index >= 15 is 0 Å². The predicted octanol–water partition coefficient (Wildman–Crippen LogP) is 3.51. The van der Waals surface area contributed by atoms with E-state index in [0.717, 1.165) is 32.1 Å². The van der Waals surface area contributed by atoms with Crippen LogP contribution in [0.2, 0.25) is 0 Å². The van der Waals surface area contributed by atoms with Crippen LogP contribution in [-0.2, 0) is 9.59 Å². The number of aliphatic hydroxyl groups is 1. The Labute approximate surface area is 137 Å². The Balaban J connectivity index is 1.74. The van der Waals surface area contributed by atoms with Gasteiger partial charge in [0.15, 0.2) is 5.78 Å². The zero-order valence-electron chi connectivity index (χ0n) is 14.2. The Morgan fingerprint density at radius 3 is 2.78 bits per heavy atom. The van der Waals surface area contributed by atoms with E-state index in [9.17, 15) is 14.7 Å². The molecule has 0 bridgehead atoms. The second-order valence-electron chi connectivity index (χ2n) is 8.29. The summed E-state index contributed by atoms with van der Waals surface area (Å²) in [6, 6.07) is 0. The van der Waals surface area contributed by atoms with Crippen LogP contribution < -0.4 is 0 Å². The van der Waals surface area contributed by atoms with Gasteiger partial charge in [-0.15, -0.1) is 0 Å². The molecule has 0 spiro atoms. The van der Waals surface area contributed by atoms with Crippen LogP contribution in [0.15, 0.2) is 22.8 Å². The summed E-state index contributed by atoms with van der Waals surface area (Å²) in [6.07, 6.45) is 8.95. The Morgan fingerprint density at radius 2 is 2.04 bits per heavy atom. The first kappa shape index (κ1) is 15.3. The van der Waals surface area contributed by atoms with Gasteiger partial charge in [0.2, 0.25) is 0 Å². The van der Waals surface area contributed by atoms with E-state index < -0.39 is 5.60 Å². The quantitative estimate of drug-likeness (QED) is 0.806. The largest absolute Gasteiger partial charge is 0.381 e. The third-order valence-electron chi connectivity index (χ3n) is 7.39. The molecule has 0 aromatic heterocycles. The van der Waals surface area contributed by atoms with Crippen molar-refractivity contribution < 1.29 is 14.7 Å². The molecule has 0 radical (unpaired) electrons. The maximum atomic E-state index is 12.1. The number of carbonyl (C=O) groups excluding carboxylic acids is 2. The van der Waals surface area contributed by atoms with E-state index in [0.29, 0.717) is 36.9 Å². The third kappa shape index (κ3) is 1.92. The molecule has 3 heteroatoms. The van der Waals surface area contributed by atoms with E-state index in [2.05, 4.69) is 13.0 Å². The molecular formula is C20H26O3. The van der Waals surface area contributed by atoms with Gasteiger partial charge in [-0.05, 0) is 68.4 Å². The summed E-state index contributed by atoms with van der Waals surface area (Å²) in [5, 5.41) is 11.0. The summed E-state index contributed by atoms with van der Waals surface area (Å²) in [6.45, 7) is 3.66. The van der Waals surface area contributed by atoms with E-state index in [1.54, 1.807) is 6.92 Å². The second kappa shape index (κ2) is 4.89. The van der Waals surface area contributed by atoms with Gasteiger partial charge in [-0.2, -0.15) is 0 Å². The zero-order valence-corrected chi connectivity index (χ0v) is 14.2. The van der Waals surface area contributed by atoms with Gasteiger partial charge in [-0.25, -0.2) is 0 Å². The number of ketones is 2.